The van der Waals surface area contributed by atoms with Crippen molar-refractivity contribution in [3.8, 4) is 0 Å². The monoisotopic (exact) mass is 274 g/mol. The number of para-hydroxylation sites is 1. The summed E-state index contributed by atoms with van der Waals surface area (Å²) in [6, 6.07) is 8.14. The minimum atomic E-state index is 0.0658. The molecule has 20 heavy (non-hydrogen) atoms. The van der Waals surface area contributed by atoms with E-state index in [1.54, 1.807) is 0 Å². The van der Waals surface area contributed by atoms with Crippen LogP contribution in [0.15, 0.2) is 24.3 Å². The Morgan fingerprint density at radius 1 is 1.15 bits per heavy atom. The van der Waals surface area contributed by atoms with Crippen molar-refractivity contribution in [2.24, 2.45) is 0 Å². The van der Waals surface area contributed by atoms with Crippen LogP contribution in [0.2, 0.25) is 0 Å². The molecule has 0 radical (unpaired) electrons. The van der Waals surface area contributed by atoms with E-state index in [-0.39, 0.29) is 5.91 Å². The lowest BCUT2D eigenvalue weighted by atomic mass is 10.1. The standard InChI is InChI=1S/C17H26N2O/c1-2-13-18-16-12-8-7-11-15(16)17(20)19-14-9-5-3-4-6-10-14/h7-8,11-12,14,18H,2-6,9-10,13H2,1H3,(H,19,20). The van der Waals surface area contributed by atoms with E-state index in [1.807, 2.05) is 24.3 Å². The fourth-order valence-electron chi connectivity index (χ4n) is 2.78. The lowest BCUT2D eigenvalue weighted by molar-refractivity contribution is 0.0934. The van der Waals surface area contributed by atoms with Gasteiger partial charge in [-0.25, -0.2) is 0 Å². The summed E-state index contributed by atoms with van der Waals surface area (Å²) in [5.41, 5.74) is 1.71. The van der Waals surface area contributed by atoms with Gasteiger partial charge in [0.2, 0.25) is 0 Å². The van der Waals surface area contributed by atoms with Gasteiger partial charge < -0.3 is 10.6 Å². The van der Waals surface area contributed by atoms with Crippen molar-refractivity contribution in [3.05, 3.63) is 29.8 Å². The van der Waals surface area contributed by atoms with E-state index >= 15 is 0 Å². The molecule has 0 aromatic heterocycles. The Hall–Kier alpha value is -1.51. The molecule has 1 fully saturated rings. The van der Waals surface area contributed by atoms with Gasteiger partial charge in [-0.05, 0) is 31.4 Å². The number of amides is 1. The molecule has 2 N–H and O–H groups in total. The van der Waals surface area contributed by atoms with Crippen molar-refractivity contribution in [1.82, 2.24) is 5.32 Å². The highest BCUT2D eigenvalue weighted by molar-refractivity contribution is 5.99. The van der Waals surface area contributed by atoms with E-state index < -0.39 is 0 Å². The average molecular weight is 274 g/mol. The number of rotatable bonds is 5. The zero-order valence-electron chi connectivity index (χ0n) is 12.5. The van der Waals surface area contributed by atoms with Gasteiger partial charge in [0.1, 0.15) is 0 Å². The number of anilines is 1. The van der Waals surface area contributed by atoms with Crippen molar-refractivity contribution in [3.63, 3.8) is 0 Å². The normalized spacial score (nSPS) is 16.4. The lowest BCUT2D eigenvalue weighted by Gasteiger charge is -2.18. The molecule has 1 aromatic carbocycles. The van der Waals surface area contributed by atoms with Crippen molar-refractivity contribution in [1.29, 1.82) is 0 Å². The maximum atomic E-state index is 12.5. The Labute approximate surface area is 122 Å². The van der Waals surface area contributed by atoms with Crippen molar-refractivity contribution < 1.29 is 4.79 Å². The van der Waals surface area contributed by atoms with Gasteiger partial charge >= 0.3 is 0 Å². The van der Waals surface area contributed by atoms with Crippen LogP contribution in [0.1, 0.15) is 62.2 Å². The minimum Gasteiger partial charge on any atom is -0.384 e. The second kappa shape index (κ2) is 7.93. The third-order valence-electron chi connectivity index (χ3n) is 3.93. The quantitative estimate of drug-likeness (QED) is 0.798. The van der Waals surface area contributed by atoms with Crippen LogP contribution in [0.3, 0.4) is 0 Å². The van der Waals surface area contributed by atoms with Gasteiger partial charge in [-0.3, -0.25) is 4.79 Å². The van der Waals surface area contributed by atoms with Crippen molar-refractivity contribution in [2.75, 3.05) is 11.9 Å². The maximum absolute atomic E-state index is 12.5. The Kier molecular flexibility index (Phi) is 5.90. The van der Waals surface area contributed by atoms with E-state index in [1.165, 1.54) is 25.7 Å². The topological polar surface area (TPSA) is 41.1 Å². The van der Waals surface area contributed by atoms with E-state index in [0.29, 0.717) is 6.04 Å². The highest BCUT2D eigenvalue weighted by Crippen LogP contribution is 2.19. The Morgan fingerprint density at radius 2 is 1.85 bits per heavy atom. The van der Waals surface area contributed by atoms with E-state index in [4.69, 9.17) is 0 Å². The van der Waals surface area contributed by atoms with Crippen molar-refractivity contribution >= 4 is 11.6 Å². The molecule has 0 unspecified atom stereocenters. The van der Waals surface area contributed by atoms with E-state index in [2.05, 4.69) is 17.6 Å². The average Bonchev–Trinajstić information content (AvgIpc) is 2.74. The number of benzene rings is 1. The number of hydrogen-bond donors (Lipinski definition) is 2. The van der Waals surface area contributed by atoms with Gasteiger partial charge in [-0.1, -0.05) is 44.7 Å². The van der Waals surface area contributed by atoms with Crippen LogP contribution in [0.4, 0.5) is 5.69 Å². The minimum absolute atomic E-state index is 0.0658. The van der Waals surface area contributed by atoms with Crippen LogP contribution >= 0.6 is 0 Å². The summed E-state index contributed by atoms with van der Waals surface area (Å²) in [6.45, 7) is 3.02. The molecule has 0 atom stereocenters. The molecule has 2 rings (SSSR count). The van der Waals surface area contributed by atoms with E-state index in [0.717, 1.165) is 37.1 Å². The van der Waals surface area contributed by atoms with Gasteiger partial charge in [0, 0.05) is 18.3 Å². The molecule has 0 heterocycles. The van der Waals surface area contributed by atoms with Gasteiger partial charge in [-0.2, -0.15) is 0 Å². The summed E-state index contributed by atoms with van der Waals surface area (Å²) in [4.78, 5) is 12.5. The number of hydrogen-bond acceptors (Lipinski definition) is 2. The molecular weight excluding hydrogens is 248 g/mol. The van der Waals surface area contributed by atoms with Gasteiger partial charge in [0.15, 0.2) is 0 Å². The SMILES string of the molecule is CCCNc1ccccc1C(=O)NC1CCCCCC1. The predicted octanol–water partition coefficient (Wildman–Crippen LogP) is 3.96. The number of carbonyl (C=O) groups excluding carboxylic acids is 1. The third kappa shape index (κ3) is 4.26. The molecule has 3 nitrogen and oxygen atoms in total. The highest BCUT2D eigenvalue weighted by Gasteiger charge is 2.17. The second-order valence-corrected chi connectivity index (χ2v) is 5.63. The summed E-state index contributed by atoms with van der Waals surface area (Å²) < 4.78 is 0. The highest BCUT2D eigenvalue weighted by atomic mass is 16.1. The first-order chi connectivity index (χ1) is 9.81. The first-order valence-corrected chi connectivity index (χ1v) is 7.95. The molecule has 110 valence electrons. The van der Waals surface area contributed by atoms with Crippen LogP contribution in [0.5, 0.6) is 0 Å². The Morgan fingerprint density at radius 3 is 2.55 bits per heavy atom. The van der Waals surface area contributed by atoms with Crippen LogP contribution in [0.25, 0.3) is 0 Å². The maximum Gasteiger partial charge on any atom is 0.253 e. The first kappa shape index (κ1) is 14.9. The zero-order chi connectivity index (χ0) is 14.2. The number of nitrogens with one attached hydrogen (secondary N) is 2. The summed E-state index contributed by atoms with van der Waals surface area (Å²) in [7, 11) is 0. The molecule has 0 saturated heterocycles. The fourth-order valence-corrected chi connectivity index (χ4v) is 2.78. The molecule has 3 heteroatoms. The molecule has 1 saturated carbocycles. The summed E-state index contributed by atoms with van der Waals surface area (Å²) >= 11 is 0. The van der Waals surface area contributed by atoms with Crippen molar-refractivity contribution in [2.45, 2.75) is 57.9 Å². The summed E-state index contributed by atoms with van der Waals surface area (Å²) in [5, 5.41) is 6.55. The third-order valence-corrected chi connectivity index (χ3v) is 3.93. The molecule has 1 amide bonds. The Bertz CT molecular complexity index is 423. The molecule has 1 aliphatic rings. The zero-order valence-corrected chi connectivity index (χ0v) is 12.5. The first-order valence-electron chi connectivity index (χ1n) is 7.95. The molecule has 0 spiro atoms. The van der Waals surface area contributed by atoms with Crippen LogP contribution in [0, 0.1) is 0 Å². The molecule has 0 aliphatic heterocycles. The molecule has 0 bridgehead atoms. The predicted molar refractivity (Wildman–Crippen MR) is 84.2 cm³/mol. The van der Waals surface area contributed by atoms with Crippen LogP contribution < -0.4 is 10.6 Å². The van der Waals surface area contributed by atoms with Crippen LogP contribution in [-0.4, -0.2) is 18.5 Å². The van der Waals surface area contributed by atoms with Crippen LogP contribution in [-0.2, 0) is 0 Å². The largest absolute Gasteiger partial charge is 0.384 e. The Balaban J connectivity index is 2.00. The molecular formula is C17H26N2O. The fraction of sp³-hybridized carbons (Fsp3) is 0.588. The smallest absolute Gasteiger partial charge is 0.253 e. The second-order valence-electron chi connectivity index (χ2n) is 5.63. The van der Waals surface area contributed by atoms with E-state index in [9.17, 15) is 4.79 Å². The summed E-state index contributed by atoms with van der Waals surface area (Å²) in [5.74, 6) is 0.0658. The van der Waals surface area contributed by atoms with Gasteiger partial charge in [0.05, 0.1) is 5.56 Å². The molecule has 1 aliphatic carbocycles. The van der Waals surface area contributed by atoms with Gasteiger partial charge in [0.25, 0.3) is 5.91 Å². The summed E-state index contributed by atoms with van der Waals surface area (Å²) in [6.07, 6.45) is 8.38. The lowest BCUT2D eigenvalue weighted by Crippen LogP contribution is -2.34. The molecule has 1 aromatic rings. The number of carbonyl (C=O) groups is 1. The van der Waals surface area contributed by atoms with Gasteiger partial charge in [-0.15, -0.1) is 0 Å².